The smallest absolute Gasteiger partial charge is 0.293 e. The van der Waals surface area contributed by atoms with E-state index in [4.69, 9.17) is 9.47 Å². The second-order valence-electron chi connectivity index (χ2n) is 14.0. The lowest BCUT2D eigenvalue weighted by Gasteiger charge is -2.27. The van der Waals surface area contributed by atoms with Gasteiger partial charge in [-0.2, -0.15) is 0 Å². The van der Waals surface area contributed by atoms with Gasteiger partial charge in [-0.15, -0.1) is 0 Å². The largest absolute Gasteiger partial charge is 0.455 e. The molecule has 1 unspecified atom stereocenters. The van der Waals surface area contributed by atoms with E-state index in [0.717, 1.165) is 60.5 Å². The number of anilines is 2. The maximum atomic E-state index is 13.8. The van der Waals surface area contributed by atoms with Crippen LogP contribution in [0.4, 0.5) is 17.1 Å². The second kappa shape index (κ2) is 15.8. The normalized spacial score (nSPS) is 16.1. The molecule has 0 saturated carbocycles. The first-order valence-corrected chi connectivity index (χ1v) is 20.0. The summed E-state index contributed by atoms with van der Waals surface area (Å²) in [6.07, 6.45) is 7.08. The van der Waals surface area contributed by atoms with Crippen molar-refractivity contribution in [3.05, 3.63) is 137 Å². The molecule has 2 aromatic heterocycles. The number of aromatic amines is 1. The number of sulfonamides is 1. The molecule has 0 bridgehead atoms. The van der Waals surface area contributed by atoms with Crippen molar-refractivity contribution in [3.8, 4) is 22.6 Å². The third-order valence-corrected chi connectivity index (χ3v) is 11.8. The van der Waals surface area contributed by atoms with Crippen LogP contribution in [0.15, 0.2) is 120 Å². The molecule has 0 spiro atoms. The average molecular weight is 773 g/mol. The molecule has 3 N–H and O–H groups in total. The highest BCUT2D eigenvalue weighted by atomic mass is 32.2. The third kappa shape index (κ3) is 7.93. The average Bonchev–Trinajstić information content (AvgIpc) is 3.91. The molecule has 2 aliphatic rings. The number of fused-ring (bicyclic) bond motifs is 1. The van der Waals surface area contributed by atoms with Crippen LogP contribution in [-0.4, -0.2) is 55.5 Å². The van der Waals surface area contributed by atoms with Gasteiger partial charge in [0.1, 0.15) is 22.8 Å². The van der Waals surface area contributed by atoms with E-state index >= 15 is 0 Å². The standard InChI is InChI=1S/C42H40N6O7S/c49-42(46-56(52,53)35-13-15-37(39(25-35)48(50)51)44-26-28-17-21-54-22-18-28)36-14-10-31(24-40(36)55-34-23-32-16-19-43-41(32)45-27-34)29-8-11-33(12-9-29)47-20-4-7-38(47)30-5-2-1-3-6-30/h1-3,5-6,8-16,19,23-25,27-28,38,44H,4,7,17-18,20-22,26H2,(H,43,45)(H,46,49). The first-order valence-electron chi connectivity index (χ1n) is 18.6. The Labute approximate surface area is 323 Å². The molecule has 1 atom stereocenters. The number of hydrogen-bond acceptors (Lipinski definition) is 10. The molecule has 14 heteroatoms. The van der Waals surface area contributed by atoms with Crippen LogP contribution in [0.3, 0.4) is 0 Å². The molecule has 4 heterocycles. The molecule has 13 nitrogen and oxygen atoms in total. The van der Waals surface area contributed by atoms with E-state index in [9.17, 15) is 23.3 Å². The molecule has 56 heavy (non-hydrogen) atoms. The number of carbonyl (C=O) groups excluding carboxylic acids is 1. The summed E-state index contributed by atoms with van der Waals surface area (Å²) >= 11 is 0. The number of hydrogen-bond donors (Lipinski definition) is 3. The number of nitro groups is 1. The van der Waals surface area contributed by atoms with E-state index in [1.165, 1.54) is 30.0 Å². The number of nitro benzene ring substituents is 1. The van der Waals surface area contributed by atoms with E-state index in [1.807, 2.05) is 24.3 Å². The Kier molecular flexibility index (Phi) is 10.4. The van der Waals surface area contributed by atoms with Crippen molar-refractivity contribution in [1.29, 1.82) is 0 Å². The lowest BCUT2D eigenvalue weighted by atomic mass is 10.0. The van der Waals surface area contributed by atoms with Gasteiger partial charge >= 0.3 is 0 Å². The molecule has 8 rings (SSSR count). The van der Waals surface area contributed by atoms with Crippen LogP contribution in [0.25, 0.3) is 22.2 Å². The van der Waals surface area contributed by atoms with Gasteiger partial charge in [0, 0.05) is 49.6 Å². The summed E-state index contributed by atoms with van der Waals surface area (Å²) in [6, 6.07) is 31.0. The number of H-pyrrole nitrogens is 1. The van der Waals surface area contributed by atoms with Crippen LogP contribution in [0, 0.1) is 16.0 Å². The van der Waals surface area contributed by atoms with Crippen LogP contribution in [0.5, 0.6) is 11.5 Å². The molecule has 286 valence electrons. The highest BCUT2D eigenvalue weighted by Gasteiger charge is 2.28. The summed E-state index contributed by atoms with van der Waals surface area (Å²) in [5, 5.41) is 15.9. The Hall–Kier alpha value is -6.25. The zero-order chi connectivity index (χ0) is 38.6. The summed E-state index contributed by atoms with van der Waals surface area (Å²) in [5.74, 6) is -0.264. The predicted octanol–water partition coefficient (Wildman–Crippen LogP) is 8.23. The van der Waals surface area contributed by atoms with Crippen molar-refractivity contribution < 1.29 is 27.6 Å². The van der Waals surface area contributed by atoms with Gasteiger partial charge < -0.3 is 24.7 Å². The maximum absolute atomic E-state index is 13.8. The molecule has 1 amide bonds. The lowest BCUT2D eigenvalue weighted by molar-refractivity contribution is -0.384. The fourth-order valence-electron chi connectivity index (χ4n) is 7.44. The highest BCUT2D eigenvalue weighted by molar-refractivity contribution is 7.90. The summed E-state index contributed by atoms with van der Waals surface area (Å²) < 4.78 is 40.9. The SMILES string of the molecule is O=C(NS(=O)(=O)c1ccc(NCC2CCOCC2)c([N+](=O)[O-])c1)c1ccc(-c2ccc(N3CCCC3c3ccccc3)cc2)cc1Oc1cnc2[nH]ccc2c1. The molecule has 2 aliphatic heterocycles. The van der Waals surface area contributed by atoms with E-state index in [-0.39, 0.29) is 22.9 Å². The number of amides is 1. The van der Waals surface area contributed by atoms with E-state index in [2.05, 4.69) is 61.3 Å². The zero-order valence-electron chi connectivity index (χ0n) is 30.4. The topological polar surface area (TPSA) is 169 Å². The number of carbonyl (C=O) groups is 1. The lowest BCUT2D eigenvalue weighted by Crippen LogP contribution is -2.31. The summed E-state index contributed by atoms with van der Waals surface area (Å²) in [7, 11) is -4.55. The van der Waals surface area contributed by atoms with Crippen molar-refractivity contribution in [1.82, 2.24) is 14.7 Å². The zero-order valence-corrected chi connectivity index (χ0v) is 31.2. The number of ether oxygens (including phenoxy) is 2. The van der Waals surface area contributed by atoms with Crippen LogP contribution >= 0.6 is 0 Å². The van der Waals surface area contributed by atoms with Crippen LogP contribution in [0.1, 0.15) is 47.6 Å². The number of rotatable bonds is 12. The Balaban J connectivity index is 1.06. The van der Waals surface area contributed by atoms with Gasteiger partial charge in [0.15, 0.2) is 0 Å². The Morgan fingerprint density at radius 2 is 1.73 bits per heavy atom. The summed E-state index contributed by atoms with van der Waals surface area (Å²) in [4.78, 5) is 34.6. The minimum atomic E-state index is -4.55. The molecule has 4 aromatic carbocycles. The molecule has 0 aliphatic carbocycles. The number of benzene rings is 4. The van der Waals surface area contributed by atoms with Crippen molar-refractivity contribution in [2.45, 2.75) is 36.6 Å². The van der Waals surface area contributed by atoms with E-state index < -0.39 is 31.4 Å². The number of pyridine rings is 1. The summed E-state index contributed by atoms with van der Waals surface area (Å²) in [6.45, 7) is 2.69. The number of nitrogens with zero attached hydrogens (tertiary/aromatic N) is 3. The van der Waals surface area contributed by atoms with Gasteiger partial charge in [-0.1, -0.05) is 48.5 Å². The molecular weight excluding hydrogens is 733 g/mol. The fraction of sp³-hybridized carbons (Fsp3) is 0.238. The first kappa shape index (κ1) is 36.7. The minimum absolute atomic E-state index is 0.0601. The van der Waals surface area contributed by atoms with Gasteiger partial charge in [0.2, 0.25) is 0 Å². The predicted molar refractivity (Wildman–Crippen MR) is 214 cm³/mol. The van der Waals surface area contributed by atoms with Gasteiger partial charge in [0.05, 0.1) is 27.6 Å². The monoisotopic (exact) mass is 772 g/mol. The molecular formula is C42H40N6O7S. The minimum Gasteiger partial charge on any atom is -0.455 e. The molecule has 0 radical (unpaired) electrons. The quantitative estimate of drug-likeness (QED) is 0.0814. The van der Waals surface area contributed by atoms with Gasteiger partial charge in [0.25, 0.3) is 21.6 Å². The van der Waals surface area contributed by atoms with Gasteiger partial charge in [-0.25, -0.2) is 18.1 Å². The number of nitrogens with one attached hydrogen (secondary N) is 3. The molecule has 2 saturated heterocycles. The highest BCUT2D eigenvalue weighted by Crippen LogP contribution is 2.38. The third-order valence-electron chi connectivity index (χ3n) is 10.4. The maximum Gasteiger partial charge on any atom is 0.293 e. The fourth-order valence-corrected chi connectivity index (χ4v) is 8.42. The van der Waals surface area contributed by atoms with Crippen molar-refractivity contribution in [2.24, 2.45) is 5.92 Å². The Bertz CT molecular complexity index is 2490. The van der Waals surface area contributed by atoms with Crippen molar-refractivity contribution in [3.63, 3.8) is 0 Å². The van der Waals surface area contributed by atoms with Crippen LogP contribution in [-0.2, 0) is 14.8 Å². The first-order chi connectivity index (χ1) is 27.2. The van der Waals surface area contributed by atoms with E-state index in [1.54, 1.807) is 24.4 Å². The Morgan fingerprint density at radius 1 is 0.946 bits per heavy atom. The number of aromatic nitrogens is 2. The van der Waals surface area contributed by atoms with Crippen molar-refractivity contribution >= 4 is 44.0 Å². The van der Waals surface area contributed by atoms with Gasteiger partial charge in [-0.05, 0) is 96.8 Å². The molecule has 6 aromatic rings. The second-order valence-corrected chi connectivity index (χ2v) is 15.7. The van der Waals surface area contributed by atoms with E-state index in [0.29, 0.717) is 37.2 Å². The molecule has 2 fully saturated rings. The van der Waals surface area contributed by atoms with Crippen LogP contribution < -0.4 is 19.7 Å². The van der Waals surface area contributed by atoms with Gasteiger partial charge in [-0.3, -0.25) is 14.9 Å². The Morgan fingerprint density at radius 3 is 2.52 bits per heavy atom. The van der Waals surface area contributed by atoms with Crippen LogP contribution in [0.2, 0.25) is 0 Å². The van der Waals surface area contributed by atoms with Crippen molar-refractivity contribution in [2.75, 3.05) is 36.5 Å². The summed E-state index contributed by atoms with van der Waals surface area (Å²) in [5.41, 5.74) is 4.36.